The van der Waals surface area contributed by atoms with Crippen molar-refractivity contribution in [1.82, 2.24) is 9.88 Å². The molecule has 4 rings (SSSR count). The highest BCUT2D eigenvalue weighted by molar-refractivity contribution is 5.83. The molecule has 6 heteroatoms. The monoisotopic (exact) mass is 450 g/mol. The second-order valence-electron chi connectivity index (χ2n) is 9.08. The first-order valence-corrected chi connectivity index (χ1v) is 11.8. The topological polar surface area (TPSA) is 72.7 Å². The van der Waals surface area contributed by atoms with Crippen LogP contribution in [0.3, 0.4) is 0 Å². The Bertz CT molecular complexity index is 1160. The third-order valence-corrected chi connectivity index (χ3v) is 6.99. The predicted octanol–water partition coefficient (Wildman–Crippen LogP) is 4.77. The first kappa shape index (κ1) is 23.2. The van der Waals surface area contributed by atoms with Gasteiger partial charge in [-0.25, -0.2) is 0 Å². The van der Waals surface area contributed by atoms with Crippen LogP contribution < -0.4 is 20.3 Å². The fraction of sp³-hybridized carbons (Fsp3) is 0.444. The number of nitrogens with zero attached hydrogens (tertiary/aromatic N) is 1. The largest absolute Gasteiger partial charge is 0.508 e. The summed E-state index contributed by atoms with van der Waals surface area (Å²) < 4.78 is 12.7. The maximum atomic E-state index is 12.8. The average molecular weight is 451 g/mol. The Kier molecular flexibility index (Phi) is 7.23. The number of hydrogen-bond acceptors (Lipinski definition) is 5. The molecule has 1 fully saturated rings. The van der Waals surface area contributed by atoms with Gasteiger partial charge in [-0.1, -0.05) is 6.07 Å². The van der Waals surface area contributed by atoms with Crippen LogP contribution in [-0.2, 0) is 13.1 Å². The lowest BCUT2D eigenvalue weighted by Crippen LogP contribution is -2.33. The summed E-state index contributed by atoms with van der Waals surface area (Å²) in [5.74, 6) is 2.33. The number of phenolic OH excluding ortho intramolecular Hbond substituents is 1. The van der Waals surface area contributed by atoms with E-state index in [1.54, 1.807) is 32.4 Å². The number of aromatic hydroxyl groups is 1. The number of nitrogens with one attached hydrogen (secondary N) is 1. The summed E-state index contributed by atoms with van der Waals surface area (Å²) in [6.07, 6.45) is 5.58. The van der Waals surface area contributed by atoms with Crippen molar-refractivity contribution in [3.8, 4) is 17.2 Å². The average Bonchev–Trinajstić information content (AvgIpc) is 2.83. The summed E-state index contributed by atoms with van der Waals surface area (Å²) >= 11 is 0. The van der Waals surface area contributed by atoms with Crippen LogP contribution in [0.1, 0.15) is 43.2 Å². The van der Waals surface area contributed by atoms with Crippen LogP contribution in [0.25, 0.3) is 10.9 Å². The molecule has 0 bridgehead atoms. The molecular weight excluding hydrogens is 416 g/mol. The van der Waals surface area contributed by atoms with Gasteiger partial charge in [-0.2, -0.15) is 0 Å². The van der Waals surface area contributed by atoms with E-state index in [2.05, 4.69) is 5.32 Å². The van der Waals surface area contributed by atoms with Crippen LogP contribution in [0, 0.1) is 12.8 Å². The van der Waals surface area contributed by atoms with Crippen molar-refractivity contribution >= 4 is 10.9 Å². The zero-order chi connectivity index (χ0) is 23.4. The molecule has 33 heavy (non-hydrogen) atoms. The lowest BCUT2D eigenvalue weighted by molar-refractivity contribution is 0.270. The zero-order valence-electron chi connectivity index (χ0n) is 19.8. The van der Waals surface area contributed by atoms with E-state index in [1.165, 1.54) is 0 Å². The molecule has 2 aromatic carbocycles. The van der Waals surface area contributed by atoms with Gasteiger partial charge < -0.3 is 24.5 Å². The van der Waals surface area contributed by atoms with Gasteiger partial charge in [0.25, 0.3) is 5.56 Å². The zero-order valence-corrected chi connectivity index (χ0v) is 19.8. The number of methoxy groups -OCH3 is 2. The minimum absolute atomic E-state index is 0.0615. The van der Waals surface area contributed by atoms with Crippen molar-refractivity contribution in [2.75, 3.05) is 14.2 Å². The van der Waals surface area contributed by atoms with E-state index in [9.17, 15) is 9.90 Å². The van der Waals surface area contributed by atoms with E-state index < -0.39 is 0 Å². The van der Waals surface area contributed by atoms with Crippen molar-refractivity contribution in [3.05, 3.63) is 63.9 Å². The van der Waals surface area contributed by atoms with Crippen molar-refractivity contribution in [3.63, 3.8) is 0 Å². The van der Waals surface area contributed by atoms with Crippen LogP contribution in [-0.4, -0.2) is 29.9 Å². The Morgan fingerprint density at radius 2 is 1.82 bits per heavy atom. The molecule has 1 aliphatic rings. The number of rotatable bonds is 8. The molecule has 0 radical (unpaired) electrons. The summed E-state index contributed by atoms with van der Waals surface area (Å²) in [7, 11) is 3.28. The van der Waals surface area contributed by atoms with E-state index in [-0.39, 0.29) is 11.3 Å². The molecule has 3 aromatic rings. The van der Waals surface area contributed by atoms with Gasteiger partial charge in [0, 0.05) is 48.3 Å². The van der Waals surface area contributed by atoms with Gasteiger partial charge in [-0.3, -0.25) is 4.79 Å². The predicted molar refractivity (Wildman–Crippen MR) is 131 cm³/mol. The Morgan fingerprint density at radius 1 is 1.03 bits per heavy atom. The van der Waals surface area contributed by atoms with Crippen LogP contribution in [0.5, 0.6) is 17.2 Å². The smallest absolute Gasteiger partial charge is 0.251 e. The highest BCUT2D eigenvalue weighted by Gasteiger charge is 2.21. The second-order valence-corrected chi connectivity index (χ2v) is 9.08. The van der Waals surface area contributed by atoms with Crippen molar-refractivity contribution in [2.45, 2.75) is 58.2 Å². The van der Waals surface area contributed by atoms with Gasteiger partial charge in [-0.15, -0.1) is 0 Å². The maximum absolute atomic E-state index is 12.8. The minimum Gasteiger partial charge on any atom is -0.508 e. The Hall–Kier alpha value is -2.99. The number of pyridine rings is 1. The van der Waals surface area contributed by atoms with Crippen LogP contribution in [0.15, 0.2) is 47.3 Å². The van der Waals surface area contributed by atoms with Gasteiger partial charge in [0.15, 0.2) is 0 Å². The van der Waals surface area contributed by atoms with Gasteiger partial charge in [-0.05, 0) is 68.7 Å². The standard InChI is InChI=1S/C27H34N2O4/c1-18-14-27(31)29(25-16-23(32-2)10-11-24(18)25)13-12-19-4-7-21(8-5-19)28-17-20-6-9-22(30)15-26(20)33-3/h6,9-11,14-16,19,21,28,30H,4-5,7-8,12-13,17H2,1-3H3. The van der Waals surface area contributed by atoms with Crippen molar-refractivity contribution in [2.24, 2.45) is 5.92 Å². The lowest BCUT2D eigenvalue weighted by Gasteiger charge is -2.29. The van der Waals surface area contributed by atoms with Crippen LogP contribution in [0.2, 0.25) is 0 Å². The summed E-state index contributed by atoms with van der Waals surface area (Å²) in [5.41, 5.74) is 3.08. The highest BCUT2D eigenvalue weighted by Crippen LogP contribution is 2.30. The molecule has 0 atom stereocenters. The lowest BCUT2D eigenvalue weighted by atomic mass is 9.84. The molecule has 0 spiro atoms. The molecule has 176 valence electrons. The number of benzene rings is 2. The van der Waals surface area contributed by atoms with Gasteiger partial charge in [0.2, 0.25) is 0 Å². The van der Waals surface area contributed by atoms with E-state index in [4.69, 9.17) is 9.47 Å². The summed E-state index contributed by atoms with van der Waals surface area (Å²) in [6.45, 7) is 3.45. The third-order valence-electron chi connectivity index (χ3n) is 6.99. The molecule has 1 aliphatic carbocycles. The number of fused-ring (bicyclic) bond motifs is 1. The minimum atomic E-state index is 0.0615. The van der Waals surface area contributed by atoms with Crippen LogP contribution in [0.4, 0.5) is 0 Å². The Labute approximate surface area is 195 Å². The maximum Gasteiger partial charge on any atom is 0.251 e. The molecule has 6 nitrogen and oxygen atoms in total. The normalized spacial score (nSPS) is 18.4. The first-order valence-electron chi connectivity index (χ1n) is 11.8. The Morgan fingerprint density at radius 3 is 2.55 bits per heavy atom. The number of aryl methyl sites for hydroxylation is 2. The van der Waals surface area contributed by atoms with Crippen molar-refractivity contribution in [1.29, 1.82) is 0 Å². The number of aromatic nitrogens is 1. The van der Waals surface area contributed by atoms with Gasteiger partial charge in [0.05, 0.1) is 19.7 Å². The molecule has 2 N–H and O–H groups in total. The quantitative estimate of drug-likeness (QED) is 0.517. The SMILES string of the molecule is COc1ccc2c(C)cc(=O)n(CCC3CCC(NCc4ccc(O)cc4OC)CC3)c2c1. The number of ether oxygens (including phenoxy) is 2. The second kappa shape index (κ2) is 10.3. The summed E-state index contributed by atoms with van der Waals surface area (Å²) in [5, 5.41) is 14.4. The number of hydrogen-bond donors (Lipinski definition) is 2. The molecule has 0 unspecified atom stereocenters. The molecule has 0 amide bonds. The molecule has 0 saturated heterocycles. The highest BCUT2D eigenvalue weighted by atomic mass is 16.5. The third kappa shape index (κ3) is 5.33. The fourth-order valence-corrected chi connectivity index (χ4v) is 4.99. The molecule has 1 heterocycles. The Balaban J connectivity index is 1.34. The van der Waals surface area contributed by atoms with E-state index in [0.29, 0.717) is 17.7 Å². The van der Waals surface area contributed by atoms with Crippen molar-refractivity contribution < 1.29 is 14.6 Å². The summed E-state index contributed by atoms with van der Waals surface area (Å²) in [6, 6.07) is 13.4. The number of phenols is 1. The van der Waals surface area contributed by atoms with Gasteiger partial charge >= 0.3 is 0 Å². The fourth-order valence-electron chi connectivity index (χ4n) is 4.99. The molecule has 1 aromatic heterocycles. The summed E-state index contributed by atoms with van der Waals surface area (Å²) in [4.78, 5) is 12.8. The molecular formula is C27H34N2O4. The van der Waals surface area contributed by atoms with Gasteiger partial charge in [0.1, 0.15) is 17.2 Å². The van der Waals surface area contributed by atoms with Crippen LogP contribution >= 0.6 is 0 Å². The first-order chi connectivity index (χ1) is 16.0. The van der Waals surface area contributed by atoms with E-state index >= 15 is 0 Å². The molecule has 0 aliphatic heterocycles. The van der Waals surface area contributed by atoms with E-state index in [0.717, 1.165) is 73.0 Å². The van der Waals surface area contributed by atoms with E-state index in [1.807, 2.05) is 35.8 Å². The molecule has 1 saturated carbocycles.